The van der Waals surface area contributed by atoms with Gasteiger partial charge >= 0.3 is 0 Å². The Labute approximate surface area is 119 Å². The zero-order valence-corrected chi connectivity index (χ0v) is 12.9. The van der Waals surface area contributed by atoms with E-state index in [4.69, 9.17) is 5.14 Å². The van der Waals surface area contributed by atoms with E-state index in [1.807, 2.05) is 11.8 Å². The first kappa shape index (κ1) is 15.1. The highest BCUT2D eigenvalue weighted by Crippen LogP contribution is 2.24. The van der Waals surface area contributed by atoms with Gasteiger partial charge in [0.25, 0.3) is 5.91 Å². The van der Waals surface area contributed by atoms with Crippen molar-refractivity contribution in [2.24, 2.45) is 18.1 Å². The van der Waals surface area contributed by atoms with Gasteiger partial charge in [0.15, 0.2) is 0 Å². The van der Waals surface area contributed by atoms with Gasteiger partial charge in [-0.3, -0.25) is 4.79 Å². The number of aromatic nitrogens is 1. The Morgan fingerprint density at radius 1 is 1.35 bits per heavy atom. The Morgan fingerprint density at radius 2 is 2.00 bits per heavy atom. The van der Waals surface area contributed by atoms with Crippen molar-refractivity contribution >= 4 is 15.9 Å². The van der Waals surface area contributed by atoms with E-state index in [0.717, 1.165) is 12.8 Å². The van der Waals surface area contributed by atoms with Crippen molar-refractivity contribution in [1.29, 1.82) is 0 Å². The Kier molecular flexibility index (Phi) is 3.93. The maximum atomic E-state index is 12.6. The van der Waals surface area contributed by atoms with Gasteiger partial charge in [-0.25, -0.2) is 13.6 Å². The lowest BCUT2D eigenvalue weighted by molar-refractivity contribution is 0.0564. The lowest BCUT2D eigenvalue weighted by Gasteiger charge is -2.36. The number of nitrogens with two attached hydrogens (primary N) is 1. The van der Waals surface area contributed by atoms with E-state index in [1.54, 1.807) is 7.05 Å². The first-order chi connectivity index (χ1) is 9.20. The van der Waals surface area contributed by atoms with Gasteiger partial charge in [0.05, 0.1) is 0 Å². The molecule has 1 aromatic heterocycles. The van der Waals surface area contributed by atoms with E-state index in [2.05, 4.69) is 6.92 Å². The van der Waals surface area contributed by atoms with Gasteiger partial charge in [0, 0.05) is 25.8 Å². The molecular formula is C13H21N3O3S. The third-order valence-electron chi connectivity index (χ3n) is 3.91. The fraction of sp³-hybridized carbons (Fsp3) is 0.615. The molecule has 0 radical (unpaired) electrons. The van der Waals surface area contributed by atoms with Gasteiger partial charge < -0.3 is 9.47 Å². The number of amides is 1. The Morgan fingerprint density at radius 3 is 2.55 bits per heavy atom. The molecule has 20 heavy (non-hydrogen) atoms. The van der Waals surface area contributed by atoms with Crippen LogP contribution in [0.5, 0.6) is 0 Å². The average molecular weight is 299 g/mol. The fourth-order valence-electron chi connectivity index (χ4n) is 2.62. The zero-order chi connectivity index (χ0) is 15.1. The standard InChI is InChI=1S/C13H21N3O3S/c1-9-4-5-10(2)16(7-9)13(17)12-6-11(8-15(12)3)20(14,18)19/h6,8-10H,4-5,7H2,1-3H3,(H2,14,18,19). The van der Waals surface area contributed by atoms with Crippen molar-refractivity contribution < 1.29 is 13.2 Å². The van der Waals surface area contributed by atoms with Crippen molar-refractivity contribution in [2.75, 3.05) is 6.54 Å². The number of carbonyl (C=O) groups excluding carboxylic acids is 1. The van der Waals surface area contributed by atoms with Crippen LogP contribution in [0.15, 0.2) is 17.2 Å². The molecule has 1 aromatic rings. The summed E-state index contributed by atoms with van der Waals surface area (Å²) in [5, 5.41) is 5.10. The molecule has 2 unspecified atom stereocenters. The number of carbonyl (C=O) groups is 1. The number of sulfonamides is 1. The number of piperidine rings is 1. The summed E-state index contributed by atoms with van der Waals surface area (Å²) in [6, 6.07) is 1.52. The van der Waals surface area contributed by atoms with Gasteiger partial charge in [-0.15, -0.1) is 0 Å². The van der Waals surface area contributed by atoms with Crippen LogP contribution in [0.4, 0.5) is 0 Å². The largest absolute Gasteiger partial charge is 0.345 e. The van der Waals surface area contributed by atoms with Crippen LogP contribution < -0.4 is 5.14 Å². The first-order valence-corrected chi connectivity index (χ1v) is 8.25. The highest BCUT2D eigenvalue weighted by Gasteiger charge is 2.29. The molecule has 0 spiro atoms. The van der Waals surface area contributed by atoms with Crippen LogP contribution in [0.3, 0.4) is 0 Å². The maximum absolute atomic E-state index is 12.6. The van der Waals surface area contributed by atoms with E-state index in [-0.39, 0.29) is 16.8 Å². The summed E-state index contributed by atoms with van der Waals surface area (Å²) < 4.78 is 24.2. The van der Waals surface area contributed by atoms with Crippen LogP contribution in [0, 0.1) is 5.92 Å². The van der Waals surface area contributed by atoms with Crippen LogP contribution in [0.2, 0.25) is 0 Å². The summed E-state index contributed by atoms with van der Waals surface area (Å²) in [5.74, 6) is 0.328. The first-order valence-electron chi connectivity index (χ1n) is 6.70. The molecule has 0 aromatic carbocycles. The predicted molar refractivity (Wildman–Crippen MR) is 75.7 cm³/mol. The topological polar surface area (TPSA) is 85.4 Å². The molecule has 1 aliphatic heterocycles. The van der Waals surface area contributed by atoms with E-state index in [0.29, 0.717) is 18.2 Å². The van der Waals surface area contributed by atoms with Crippen molar-refractivity contribution in [3.63, 3.8) is 0 Å². The number of likely N-dealkylation sites (tertiary alicyclic amines) is 1. The second-order valence-corrected chi connectivity index (χ2v) is 7.27. The summed E-state index contributed by atoms with van der Waals surface area (Å²) in [6.45, 7) is 4.84. The quantitative estimate of drug-likeness (QED) is 0.881. The van der Waals surface area contributed by atoms with E-state index >= 15 is 0 Å². The van der Waals surface area contributed by atoms with Crippen LogP contribution >= 0.6 is 0 Å². The fourth-order valence-corrected chi connectivity index (χ4v) is 3.20. The molecule has 0 bridgehead atoms. The molecule has 6 nitrogen and oxygen atoms in total. The zero-order valence-electron chi connectivity index (χ0n) is 12.0. The third kappa shape index (κ3) is 2.88. The summed E-state index contributed by atoms with van der Waals surface area (Å²) in [4.78, 5) is 14.4. The molecule has 2 atom stereocenters. The Hall–Kier alpha value is -1.34. The van der Waals surface area contributed by atoms with Crippen molar-refractivity contribution in [1.82, 2.24) is 9.47 Å². The maximum Gasteiger partial charge on any atom is 0.270 e. The van der Waals surface area contributed by atoms with Gasteiger partial charge in [0.2, 0.25) is 10.0 Å². The molecule has 7 heteroatoms. The van der Waals surface area contributed by atoms with Crippen molar-refractivity contribution in [2.45, 2.75) is 37.6 Å². The number of nitrogens with zero attached hydrogens (tertiary/aromatic N) is 2. The summed E-state index contributed by atoms with van der Waals surface area (Å²) in [6.07, 6.45) is 3.46. The smallest absolute Gasteiger partial charge is 0.270 e. The second-order valence-electron chi connectivity index (χ2n) is 5.71. The number of primary sulfonamides is 1. The van der Waals surface area contributed by atoms with Gasteiger partial charge in [-0.05, 0) is 31.7 Å². The average Bonchev–Trinajstić information content (AvgIpc) is 2.73. The molecule has 112 valence electrons. The van der Waals surface area contributed by atoms with Crippen LogP contribution in [-0.4, -0.2) is 36.4 Å². The number of rotatable bonds is 2. The molecular weight excluding hydrogens is 278 g/mol. The van der Waals surface area contributed by atoms with Gasteiger partial charge in [0.1, 0.15) is 10.6 Å². The van der Waals surface area contributed by atoms with Gasteiger partial charge in [-0.2, -0.15) is 0 Å². The Balaban J connectivity index is 2.31. The minimum Gasteiger partial charge on any atom is -0.345 e. The van der Waals surface area contributed by atoms with Gasteiger partial charge in [-0.1, -0.05) is 6.92 Å². The van der Waals surface area contributed by atoms with E-state index in [9.17, 15) is 13.2 Å². The molecule has 1 saturated heterocycles. The second kappa shape index (κ2) is 5.21. The van der Waals surface area contributed by atoms with Crippen LogP contribution in [0.1, 0.15) is 37.2 Å². The molecule has 2 heterocycles. The summed E-state index contributed by atoms with van der Waals surface area (Å²) in [7, 11) is -2.13. The minimum atomic E-state index is -3.78. The minimum absolute atomic E-state index is 0.0268. The molecule has 0 saturated carbocycles. The number of aryl methyl sites for hydroxylation is 1. The Bertz CT molecular complexity index is 621. The monoisotopic (exact) mass is 299 g/mol. The lowest BCUT2D eigenvalue weighted by Crippen LogP contribution is -2.45. The van der Waals surface area contributed by atoms with E-state index < -0.39 is 10.0 Å². The van der Waals surface area contributed by atoms with Crippen molar-refractivity contribution in [3.05, 3.63) is 18.0 Å². The molecule has 2 rings (SSSR count). The number of hydrogen-bond donors (Lipinski definition) is 1. The number of hydrogen-bond acceptors (Lipinski definition) is 3. The summed E-state index contributed by atoms with van der Waals surface area (Å²) in [5.41, 5.74) is 0.356. The SMILES string of the molecule is CC1CCC(C)N(C(=O)c2cc(S(N)(=O)=O)cn2C)C1. The normalized spacial score (nSPS) is 23.9. The molecule has 0 aliphatic carbocycles. The van der Waals surface area contributed by atoms with Crippen LogP contribution in [-0.2, 0) is 17.1 Å². The lowest BCUT2D eigenvalue weighted by atomic mass is 9.95. The molecule has 1 fully saturated rings. The highest BCUT2D eigenvalue weighted by atomic mass is 32.2. The van der Waals surface area contributed by atoms with Crippen molar-refractivity contribution in [3.8, 4) is 0 Å². The molecule has 1 aliphatic rings. The highest BCUT2D eigenvalue weighted by molar-refractivity contribution is 7.89. The summed E-state index contributed by atoms with van der Waals surface area (Å²) >= 11 is 0. The predicted octanol–water partition coefficient (Wildman–Crippen LogP) is 0.933. The molecule has 2 N–H and O–H groups in total. The van der Waals surface area contributed by atoms with E-state index in [1.165, 1.54) is 16.8 Å². The third-order valence-corrected chi connectivity index (χ3v) is 4.79. The molecule has 1 amide bonds. The van der Waals surface area contributed by atoms with Crippen LogP contribution in [0.25, 0.3) is 0 Å².